The summed E-state index contributed by atoms with van der Waals surface area (Å²) in [5.41, 5.74) is 2.81. The average Bonchev–Trinajstić information content (AvgIpc) is 3.22. The number of aromatic nitrogens is 1. The van der Waals surface area contributed by atoms with Crippen LogP contribution in [-0.4, -0.2) is 32.6 Å². The Balaban J connectivity index is 1.46. The summed E-state index contributed by atoms with van der Waals surface area (Å²) in [6, 6.07) is 14.1. The molecule has 1 amide bonds. The molecule has 4 aromatic rings. The van der Waals surface area contributed by atoms with Gasteiger partial charge in [-0.25, -0.2) is 4.98 Å². The molecular formula is C24H20N4O6S. The minimum atomic E-state index is -0.642. The monoisotopic (exact) mass is 492 g/mol. The number of hydrogen-bond donors (Lipinski definition) is 3. The number of anilines is 1. The van der Waals surface area contributed by atoms with Crippen molar-refractivity contribution in [1.29, 1.82) is 0 Å². The van der Waals surface area contributed by atoms with E-state index in [0.717, 1.165) is 11.6 Å². The number of aromatic hydroxyl groups is 1. The number of rotatable bonds is 6. The Morgan fingerprint density at radius 3 is 2.71 bits per heavy atom. The number of carbonyl (C=O) groups excluding carboxylic acids is 1. The number of phenols is 1. The summed E-state index contributed by atoms with van der Waals surface area (Å²) in [5, 5.41) is 27.0. The zero-order valence-corrected chi connectivity index (χ0v) is 19.5. The second-order valence-electron chi connectivity index (χ2n) is 7.50. The molecule has 0 radical (unpaired) electrons. The summed E-state index contributed by atoms with van der Waals surface area (Å²) >= 11 is 5.18. The summed E-state index contributed by atoms with van der Waals surface area (Å²) in [6.07, 6.45) is 0. The van der Waals surface area contributed by atoms with Gasteiger partial charge < -0.3 is 19.6 Å². The molecule has 35 heavy (non-hydrogen) atoms. The van der Waals surface area contributed by atoms with E-state index in [1.54, 1.807) is 19.1 Å². The van der Waals surface area contributed by atoms with Crippen molar-refractivity contribution in [2.24, 2.45) is 0 Å². The maximum atomic E-state index is 12.5. The molecule has 0 aliphatic rings. The van der Waals surface area contributed by atoms with Crippen molar-refractivity contribution in [3.63, 3.8) is 0 Å². The fourth-order valence-corrected chi connectivity index (χ4v) is 3.56. The molecular weight excluding hydrogens is 472 g/mol. The van der Waals surface area contributed by atoms with E-state index in [9.17, 15) is 20.0 Å². The van der Waals surface area contributed by atoms with Gasteiger partial charge in [-0.05, 0) is 68.0 Å². The number of fused-ring (bicyclic) bond motifs is 1. The maximum Gasteiger partial charge on any atom is 0.311 e. The topological polar surface area (TPSA) is 140 Å². The molecule has 3 N–H and O–H groups in total. The Bertz CT molecular complexity index is 1470. The molecule has 4 rings (SSSR count). The van der Waals surface area contributed by atoms with Crippen LogP contribution in [0.1, 0.15) is 22.8 Å². The van der Waals surface area contributed by atoms with Gasteiger partial charge in [0.1, 0.15) is 11.3 Å². The smallest absolute Gasteiger partial charge is 0.311 e. The predicted molar refractivity (Wildman–Crippen MR) is 134 cm³/mol. The van der Waals surface area contributed by atoms with Crippen LogP contribution >= 0.6 is 12.2 Å². The Hall–Kier alpha value is -4.51. The second-order valence-corrected chi connectivity index (χ2v) is 7.91. The first kappa shape index (κ1) is 23.6. The van der Waals surface area contributed by atoms with Gasteiger partial charge in [0, 0.05) is 23.4 Å². The minimum absolute atomic E-state index is 0.0358. The van der Waals surface area contributed by atoms with Gasteiger partial charge in [0.2, 0.25) is 5.89 Å². The summed E-state index contributed by atoms with van der Waals surface area (Å²) < 4.78 is 11.0. The number of aryl methyl sites for hydroxylation is 1. The van der Waals surface area contributed by atoms with E-state index >= 15 is 0 Å². The third kappa shape index (κ3) is 5.20. The lowest BCUT2D eigenvalue weighted by atomic mass is 10.1. The molecule has 0 unspecified atom stereocenters. The number of phenolic OH excluding ortho intramolecular Hbond substituents is 1. The summed E-state index contributed by atoms with van der Waals surface area (Å²) in [6.45, 7) is 3.89. The van der Waals surface area contributed by atoms with Crippen LogP contribution in [0.25, 0.3) is 22.6 Å². The van der Waals surface area contributed by atoms with Crippen LogP contribution in [-0.2, 0) is 0 Å². The standard InChI is InChI=1S/C24H20N4O6S/c1-3-33-20-9-5-14(11-18(20)28(31)32)22(30)27-24(35)25-15-6-7-16(19(29)12-15)23-26-17-8-4-13(2)10-21(17)34-23/h4-12,29H,3H2,1-2H3,(H2,25,27,30,35). The van der Waals surface area contributed by atoms with E-state index in [1.165, 1.54) is 18.2 Å². The molecule has 0 bridgehead atoms. The third-order valence-electron chi connectivity index (χ3n) is 4.97. The molecule has 0 aliphatic carbocycles. The molecule has 3 aromatic carbocycles. The van der Waals surface area contributed by atoms with Crippen LogP contribution in [0.4, 0.5) is 11.4 Å². The van der Waals surface area contributed by atoms with E-state index < -0.39 is 10.8 Å². The molecule has 0 spiro atoms. The van der Waals surface area contributed by atoms with Crippen LogP contribution < -0.4 is 15.4 Å². The molecule has 0 saturated carbocycles. The van der Waals surface area contributed by atoms with Crippen molar-refractivity contribution in [2.75, 3.05) is 11.9 Å². The van der Waals surface area contributed by atoms with Crippen LogP contribution in [0.5, 0.6) is 11.5 Å². The highest BCUT2D eigenvalue weighted by Crippen LogP contribution is 2.33. The predicted octanol–water partition coefficient (Wildman–Crippen LogP) is 4.94. The van der Waals surface area contributed by atoms with Crippen molar-refractivity contribution < 1.29 is 24.0 Å². The van der Waals surface area contributed by atoms with E-state index in [-0.39, 0.29) is 40.4 Å². The Labute approximate surface area is 204 Å². The fourth-order valence-electron chi connectivity index (χ4n) is 3.35. The SMILES string of the molecule is CCOc1ccc(C(=O)NC(=S)Nc2ccc(-c3nc4ccc(C)cc4o3)c(O)c2)cc1[N+](=O)[O-]. The van der Waals surface area contributed by atoms with E-state index in [2.05, 4.69) is 15.6 Å². The minimum Gasteiger partial charge on any atom is -0.507 e. The van der Waals surface area contributed by atoms with Gasteiger partial charge in [-0.3, -0.25) is 20.2 Å². The molecule has 178 valence electrons. The van der Waals surface area contributed by atoms with Gasteiger partial charge in [0.25, 0.3) is 5.91 Å². The van der Waals surface area contributed by atoms with Crippen molar-refractivity contribution in [3.8, 4) is 23.0 Å². The number of ether oxygens (including phenoxy) is 1. The fraction of sp³-hybridized carbons (Fsp3) is 0.125. The quantitative estimate of drug-likeness (QED) is 0.194. The maximum absolute atomic E-state index is 12.5. The number of nitro benzene ring substituents is 1. The number of oxazole rings is 1. The van der Waals surface area contributed by atoms with E-state index in [4.69, 9.17) is 21.4 Å². The number of nitrogens with zero attached hydrogens (tertiary/aromatic N) is 2. The van der Waals surface area contributed by atoms with Gasteiger partial charge >= 0.3 is 5.69 Å². The van der Waals surface area contributed by atoms with Crippen molar-refractivity contribution in [3.05, 3.63) is 75.8 Å². The van der Waals surface area contributed by atoms with Gasteiger partial charge in [0.05, 0.1) is 17.1 Å². The first-order valence-electron chi connectivity index (χ1n) is 10.5. The zero-order chi connectivity index (χ0) is 25.1. The molecule has 0 fully saturated rings. The molecule has 11 heteroatoms. The summed E-state index contributed by atoms with van der Waals surface area (Å²) in [5.74, 6) is -0.409. The van der Waals surface area contributed by atoms with E-state index in [0.29, 0.717) is 22.4 Å². The Morgan fingerprint density at radius 1 is 1.20 bits per heavy atom. The molecule has 0 atom stereocenters. The lowest BCUT2D eigenvalue weighted by molar-refractivity contribution is -0.385. The number of nitro groups is 1. The first-order chi connectivity index (χ1) is 16.7. The first-order valence-corrected chi connectivity index (χ1v) is 10.9. The van der Waals surface area contributed by atoms with Crippen LogP contribution in [0, 0.1) is 17.0 Å². The number of amides is 1. The van der Waals surface area contributed by atoms with Gasteiger partial charge in [-0.2, -0.15) is 0 Å². The van der Waals surface area contributed by atoms with Gasteiger partial charge in [0.15, 0.2) is 16.4 Å². The normalized spacial score (nSPS) is 10.7. The number of thiocarbonyl (C=S) groups is 1. The highest BCUT2D eigenvalue weighted by Gasteiger charge is 2.19. The number of hydrogen-bond acceptors (Lipinski definition) is 8. The van der Waals surface area contributed by atoms with Gasteiger partial charge in [-0.1, -0.05) is 6.07 Å². The molecule has 1 heterocycles. The molecule has 1 aromatic heterocycles. The van der Waals surface area contributed by atoms with Crippen LogP contribution in [0.15, 0.2) is 59.0 Å². The molecule has 10 nitrogen and oxygen atoms in total. The number of nitrogens with one attached hydrogen (secondary N) is 2. The molecule has 0 saturated heterocycles. The van der Waals surface area contributed by atoms with Crippen molar-refractivity contribution in [1.82, 2.24) is 10.3 Å². The van der Waals surface area contributed by atoms with Crippen molar-refractivity contribution in [2.45, 2.75) is 13.8 Å². The summed E-state index contributed by atoms with van der Waals surface area (Å²) in [7, 11) is 0. The highest BCUT2D eigenvalue weighted by molar-refractivity contribution is 7.80. The van der Waals surface area contributed by atoms with Crippen LogP contribution in [0.3, 0.4) is 0 Å². The average molecular weight is 493 g/mol. The largest absolute Gasteiger partial charge is 0.507 e. The lowest BCUT2D eigenvalue weighted by Gasteiger charge is -2.11. The number of carbonyl (C=O) groups is 1. The van der Waals surface area contributed by atoms with Crippen LogP contribution in [0.2, 0.25) is 0 Å². The third-order valence-corrected chi connectivity index (χ3v) is 5.18. The molecule has 0 aliphatic heterocycles. The van der Waals surface area contributed by atoms with Crippen molar-refractivity contribution >= 4 is 45.7 Å². The second kappa shape index (κ2) is 9.77. The number of benzene rings is 3. The summed E-state index contributed by atoms with van der Waals surface area (Å²) in [4.78, 5) is 27.6. The van der Waals surface area contributed by atoms with Gasteiger partial charge in [-0.15, -0.1) is 0 Å². The Kier molecular flexibility index (Phi) is 6.60. The highest BCUT2D eigenvalue weighted by atomic mass is 32.1. The van der Waals surface area contributed by atoms with E-state index in [1.807, 2.05) is 25.1 Å². The zero-order valence-electron chi connectivity index (χ0n) is 18.7. The lowest BCUT2D eigenvalue weighted by Crippen LogP contribution is -2.34. The Morgan fingerprint density at radius 2 is 2.00 bits per heavy atom.